The highest BCUT2D eigenvalue weighted by molar-refractivity contribution is 9.10. The Labute approximate surface area is 129 Å². The minimum atomic E-state index is 0.250. The molecular weight excluding hydrogens is 316 g/mol. The van der Waals surface area contributed by atoms with Gasteiger partial charge in [0, 0.05) is 35.4 Å². The summed E-state index contributed by atoms with van der Waals surface area (Å²) in [6, 6.07) is 2.20. The van der Waals surface area contributed by atoms with Crippen LogP contribution in [0.15, 0.2) is 22.9 Å². The number of rotatable bonds is 6. The van der Waals surface area contributed by atoms with E-state index in [-0.39, 0.29) is 5.41 Å². The maximum Gasteiger partial charge on any atom is 0.0675 e. The van der Waals surface area contributed by atoms with Crippen LogP contribution in [0.1, 0.15) is 31.7 Å². The van der Waals surface area contributed by atoms with Crippen LogP contribution in [0.5, 0.6) is 0 Å². The Balaban J connectivity index is 1.81. The summed E-state index contributed by atoms with van der Waals surface area (Å²) in [4.78, 5) is 4.32. The van der Waals surface area contributed by atoms with Crippen LogP contribution in [0, 0.1) is 11.3 Å². The molecule has 1 aromatic rings. The van der Waals surface area contributed by atoms with Gasteiger partial charge >= 0.3 is 0 Å². The zero-order valence-electron chi connectivity index (χ0n) is 12.1. The standard InChI is InChI=1S/C16H23BrN2O/c1-2-18-11-16(5-6-20-15(16)13-3-4-13)8-12-7-14(17)10-19-9-12/h7,9-10,13,15,18H,2-6,8,11H2,1H3. The molecule has 0 aromatic carbocycles. The zero-order valence-corrected chi connectivity index (χ0v) is 13.7. The third kappa shape index (κ3) is 3.07. The van der Waals surface area contributed by atoms with Gasteiger partial charge in [-0.1, -0.05) is 6.92 Å². The van der Waals surface area contributed by atoms with Gasteiger partial charge in [0.2, 0.25) is 0 Å². The maximum atomic E-state index is 6.12. The van der Waals surface area contributed by atoms with Gasteiger partial charge in [0.15, 0.2) is 0 Å². The highest BCUT2D eigenvalue weighted by Crippen LogP contribution is 2.49. The van der Waals surface area contributed by atoms with Crippen LogP contribution in [0.3, 0.4) is 0 Å². The number of pyridine rings is 1. The van der Waals surface area contributed by atoms with Crippen LogP contribution in [-0.4, -0.2) is 30.8 Å². The lowest BCUT2D eigenvalue weighted by atomic mass is 9.74. The summed E-state index contributed by atoms with van der Waals surface area (Å²) < 4.78 is 7.19. The molecule has 3 nitrogen and oxygen atoms in total. The van der Waals surface area contributed by atoms with E-state index in [0.29, 0.717) is 6.10 Å². The Bertz CT molecular complexity index is 464. The molecule has 0 amide bonds. The second-order valence-electron chi connectivity index (χ2n) is 6.21. The van der Waals surface area contributed by atoms with Gasteiger partial charge in [-0.3, -0.25) is 4.98 Å². The summed E-state index contributed by atoms with van der Waals surface area (Å²) in [7, 11) is 0. The highest BCUT2D eigenvalue weighted by Gasteiger charge is 2.50. The van der Waals surface area contributed by atoms with E-state index >= 15 is 0 Å². The summed E-state index contributed by atoms with van der Waals surface area (Å²) in [6.07, 6.45) is 9.19. The molecule has 4 heteroatoms. The summed E-state index contributed by atoms with van der Waals surface area (Å²) in [5, 5.41) is 3.57. The van der Waals surface area contributed by atoms with Crippen molar-refractivity contribution < 1.29 is 4.74 Å². The minimum absolute atomic E-state index is 0.250. The number of nitrogens with one attached hydrogen (secondary N) is 1. The van der Waals surface area contributed by atoms with Crippen LogP contribution in [0.25, 0.3) is 0 Å². The lowest BCUT2D eigenvalue weighted by Gasteiger charge is -2.35. The normalized spacial score (nSPS) is 29.8. The van der Waals surface area contributed by atoms with E-state index in [0.717, 1.165) is 42.9 Å². The summed E-state index contributed by atoms with van der Waals surface area (Å²) in [6.45, 7) is 5.16. The van der Waals surface area contributed by atoms with Gasteiger partial charge in [0.25, 0.3) is 0 Å². The van der Waals surface area contributed by atoms with E-state index in [1.54, 1.807) is 0 Å². The molecule has 1 aliphatic heterocycles. The molecule has 2 heterocycles. The van der Waals surface area contributed by atoms with Crippen LogP contribution in [0.4, 0.5) is 0 Å². The molecule has 2 fully saturated rings. The van der Waals surface area contributed by atoms with Gasteiger partial charge < -0.3 is 10.1 Å². The Morgan fingerprint density at radius 3 is 3.00 bits per heavy atom. The van der Waals surface area contributed by atoms with Crippen LogP contribution in [-0.2, 0) is 11.2 Å². The van der Waals surface area contributed by atoms with Crippen molar-refractivity contribution in [2.75, 3.05) is 19.7 Å². The first-order chi connectivity index (χ1) is 9.73. The Hall–Kier alpha value is -0.450. The molecule has 0 bridgehead atoms. The third-order valence-electron chi connectivity index (χ3n) is 4.60. The van der Waals surface area contributed by atoms with Gasteiger partial charge in [0.05, 0.1) is 6.10 Å². The van der Waals surface area contributed by atoms with Gasteiger partial charge in [-0.15, -0.1) is 0 Å². The molecule has 110 valence electrons. The van der Waals surface area contributed by atoms with Crippen molar-refractivity contribution in [3.8, 4) is 0 Å². The fourth-order valence-electron chi connectivity index (χ4n) is 3.52. The number of halogens is 1. The van der Waals surface area contributed by atoms with Gasteiger partial charge in [-0.05, 0) is 65.7 Å². The van der Waals surface area contributed by atoms with E-state index in [9.17, 15) is 0 Å². The molecule has 2 aliphatic rings. The lowest BCUT2D eigenvalue weighted by molar-refractivity contribution is 0.0308. The van der Waals surface area contributed by atoms with Gasteiger partial charge in [0.1, 0.15) is 0 Å². The molecule has 2 unspecified atom stereocenters. The summed E-state index contributed by atoms with van der Waals surface area (Å²) in [5.74, 6) is 0.788. The molecule has 20 heavy (non-hydrogen) atoms. The van der Waals surface area contributed by atoms with Crippen LogP contribution >= 0.6 is 15.9 Å². The predicted molar refractivity (Wildman–Crippen MR) is 83.7 cm³/mol. The van der Waals surface area contributed by atoms with E-state index in [1.165, 1.54) is 18.4 Å². The number of nitrogens with zero attached hydrogens (tertiary/aromatic N) is 1. The number of hydrogen-bond acceptors (Lipinski definition) is 3. The molecule has 2 atom stereocenters. The fraction of sp³-hybridized carbons (Fsp3) is 0.688. The first-order valence-corrected chi connectivity index (χ1v) is 8.44. The van der Waals surface area contributed by atoms with E-state index < -0.39 is 0 Å². The second-order valence-corrected chi connectivity index (χ2v) is 7.13. The number of aromatic nitrogens is 1. The van der Waals surface area contributed by atoms with Crippen molar-refractivity contribution in [1.82, 2.24) is 10.3 Å². The monoisotopic (exact) mass is 338 g/mol. The van der Waals surface area contributed by atoms with Crippen molar-refractivity contribution in [2.24, 2.45) is 11.3 Å². The number of hydrogen-bond donors (Lipinski definition) is 1. The predicted octanol–water partition coefficient (Wildman–Crippen LogP) is 3.18. The summed E-state index contributed by atoms with van der Waals surface area (Å²) in [5.41, 5.74) is 1.56. The molecule has 1 saturated heterocycles. The molecule has 1 aliphatic carbocycles. The molecule has 0 spiro atoms. The van der Waals surface area contributed by atoms with Crippen molar-refractivity contribution in [2.45, 2.75) is 38.7 Å². The van der Waals surface area contributed by atoms with Crippen molar-refractivity contribution in [1.29, 1.82) is 0 Å². The first-order valence-electron chi connectivity index (χ1n) is 7.65. The Morgan fingerprint density at radius 1 is 1.45 bits per heavy atom. The average Bonchev–Trinajstić information content (AvgIpc) is 3.19. The number of ether oxygens (including phenoxy) is 1. The SMILES string of the molecule is CCNCC1(Cc2cncc(Br)c2)CCOC1C1CC1. The molecule has 1 N–H and O–H groups in total. The van der Waals surface area contributed by atoms with Crippen molar-refractivity contribution in [3.05, 3.63) is 28.5 Å². The van der Waals surface area contributed by atoms with E-state index in [4.69, 9.17) is 4.74 Å². The Kier molecular flexibility index (Phi) is 4.43. The second kappa shape index (κ2) is 6.12. The first kappa shape index (κ1) is 14.5. The third-order valence-corrected chi connectivity index (χ3v) is 5.03. The van der Waals surface area contributed by atoms with Gasteiger partial charge in [-0.25, -0.2) is 0 Å². The topological polar surface area (TPSA) is 34.2 Å². The summed E-state index contributed by atoms with van der Waals surface area (Å²) >= 11 is 3.53. The smallest absolute Gasteiger partial charge is 0.0675 e. The Morgan fingerprint density at radius 2 is 2.30 bits per heavy atom. The largest absolute Gasteiger partial charge is 0.377 e. The molecule has 3 rings (SSSR count). The van der Waals surface area contributed by atoms with E-state index in [1.807, 2.05) is 12.4 Å². The van der Waals surface area contributed by atoms with Crippen LogP contribution < -0.4 is 5.32 Å². The average molecular weight is 339 g/mol. The van der Waals surface area contributed by atoms with Crippen molar-refractivity contribution >= 4 is 15.9 Å². The lowest BCUT2D eigenvalue weighted by Crippen LogP contribution is -2.43. The van der Waals surface area contributed by atoms with Gasteiger partial charge in [-0.2, -0.15) is 0 Å². The van der Waals surface area contributed by atoms with E-state index in [2.05, 4.69) is 39.2 Å². The van der Waals surface area contributed by atoms with Crippen molar-refractivity contribution in [3.63, 3.8) is 0 Å². The maximum absolute atomic E-state index is 6.12. The highest BCUT2D eigenvalue weighted by atomic mass is 79.9. The molecule has 0 radical (unpaired) electrons. The fourth-order valence-corrected chi connectivity index (χ4v) is 3.93. The minimum Gasteiger partial charge on any atom is -0.377 e. The molecule has 1 aromatic heterocycles. The quantitative estimate of drug-likeness (QED) is 0.864. The van der Waals surface area contributed by atoms with Crippen LogP contribution in [0.2, 0.25) is 0 Å². The molecule has 1 saturated carbocycles. The molecular formula is C16H23BrN2O. The zero-order chi connectivity index (χ0) is 14.0.